The third-order valence-electron chi connectivity index (χ3n) is 3.07. The Labute approximate surface area is 68.1 Å². The highest BCUT2D eigenvalue weighted by Crippen LogP contribution is 2.44. The van der Waals surface area contributed by atoms with Gasteiger partial charge < -0.3 is 10.5 Å². The van der Waals surface area contributed by atoms with Crippen LogP contribution in [0.1, 0.15) is 39.0 Å². The number of rotatable bonds is 0. The number of hydrogen-bond acceptors (Lipinski definition) is 2. The summed E-state index contributed by atoms with van der Waals surface area (Å²) in [6.07, 6.45) is 5.89. The van der Waals surface area contributed by atoms with Crippen LogP contribution in [0.15, 0.2) is 0 Å². The minimum absolute atomic E-state index is 0.0403. The van der Waals surface area contributed by atoms with Gasteiger partial charge in [-0.05, 0) is 39.0 Å². The SMILES string of the molecule is CC1(N)CCOC2(CCC2)C1. The van der Waals surface area contributed by atoms with Crippen molar-refractivity contribution in [2.45, 2.75) is 50.2 Å². The van der Waals surface area contributed by atoms with E-state index in [1.807, 2.05) is 0 Å². The largest absolute Gasteiger partial charge is 0.375 e. The molecule has 1 saturated carbocycles. The van der Waals surface area contributed by atoms with Crippen molar-refractivity contribution in [2.24, 2.45) is 5.73 Å². The Morgan fingerprint density at radius 1 is 1.27 bits per heavy atom. The molecule has 1 aliphatic carbocycles. The zero-order valence-corrected chi connectivity index (χ0v) is 7.23. The Balaban J connectivity index is 2.03. The van der Waals surface area contributed by atoms with Crippen LogP contribution in [0.2, 0.25) is 0 Å². The third-order valence-corrected chi connectivity index (χ3v) is 3.07. The summed E-state index contributed by atoms with van der Waals surface area (Å²) >= 11 is 0. The first-order valence-corrected chi connectivity index (χ1v) is 4.55. The normalized spacial score (nSPS) is 42.0. The summed E-state index contributed by atoms with van der Waals surface area (Å²) in [6.45, 7) is 3.02. The summed E-state index contributed by atoms with van der Waals surface area (Å²) in [4.78, 5) is 0. The maximum Gasteiger partial charge on any atom is 0.0700 e. The van der Waals surface area contributed by atoms with Crippen molar-refractivity contribution in [2.75, 3.05) is 6.61 Å². The average Bonchev–Trinajstić information content (AvgIpc) is 1.82. The molecule has 1 unspecified atom stereocenters. The van der Waals surface area contributed by atoms with E-state index in [0.29, 0.717) is 0 Å². The molecular formula is C9H17NO. The van der Waals surface area contributed by atoms with E-state index in [-0.39, 0.29) is 11.1 Å². The summed E-state index contributed by atoms with van der Waals surface area (Å²) < 4.78 is 5.76. The highest BCUT2D eigenvalue weighted by molar-refractivity contribution is 5.00. The van der Waals surface area contributed by atoms with E-state index in [9.17, 15) is 0 Å². The Kier molecular flexibility index (Phi) is 1.52. The fourth-order valence-electron chi connectivity index (χ4n) is 2.27. The van der Waals surface area contributed by atoms with Gasteiger partial charge in [0, 0.05) is 12.1 Å². The first-order chi connectivity index (χ1) is 5.12. The van der Waals surface area contributed by atoms with Gasteiger partial charge in [-0.2, -0.15) is 0 Å². The molecular weight excluding hydrogens is 138 g/mol. The van der Waals surface area contributed by atoms with Crippen LogP contribution in [0.25, 0.3) is 0 Å². The molecule has 2 nitrogen and oxygen atoms in total. The van der Waals surface area contributed by atoms with Gasteiger partial charge in [-0.25, -0.2) is 0 Å². The molecule has 1 heterocycles. The average molecular weight is 155 g/mol. The van der Waals surface area contributed by atoms with E-state index in [1.165, 1.54) is 19.3 Å². The summed E-state index contributed by atoms with van der Waals surface area (Å²) in [7, 11) is 0. The Morgan fingerprint density at radius 2 is 2.00 bits per heavy atom. The van der Waals surface area contributed by atoms with Crippen molar-refractivity contribution < 1.29 is 4.74 Å². The predicted octanol–water partition coefficient (Wildman–Crippen LogP) is 1.44. The summed E-state index contributed by atoms with van der Waals surface area (Å²) in [5.74, 6) is 0. The molecule has 1 spiro atoms. The van der Waals surface area contributed by atoms with Gasteiger partial charge in [-0.1, -0.05) is 0 Å². The van der Waals surface area contributed by atoms with Crippen LogP contribution in [0, 0.1) is 0 Å². The van der Waals surface area contributed by atoms with E-state index < -0.39 is 0 Å². The van der Waals surface area contributed by atoms with Crippen molar-refractivity contribution in [3.63, 3.8) is 0 Å². The van der Waals surface area contributed by atoms with Crippen LogP contribution in [0.5, 0.6) is 0 Å². The summed E-state index contributed by atoms with van der Waals surface area (Å²) in [5, 5.41) is 0. The zero-order valence-electron chi connectivity index (χ0n) is 7.23. The van der Waals surface area contributed by atoms with Gasteiger partial charge >= 0.3 is 0 Å². The van der Waals surface area contributed by atoms with Crippen molar-refractivity contribution in [3.05, 3.63) is 0 Å². The number of nitrogens with two attached hydrogens (primary N) is 1. The second-order valence-electron chi connectivity index (χ2n) is 4.47. The fourth-order valence-corrected chi connectivity index (χ4v) is 2.27. The van der Waals surface area contributed by atoms with Crippen molar-refractivity contribution >= 4 is 0 Å². The molecule has 0 aromatic rings. The van der Waals surface area contributed by atoms with Gasteiger partial charge in [-0.15, -0.1) is 0 Å². The third kappa shape index (κ3) is 1.30. The summed E-state index contributed by atoms with van der Waals surface area (Å²) in [6, 6.07) is 0. The fraction of sp³-hybridized carbons (Fsp3) is 1.00. The van der Waals surface area contributed by atoms with Crippen molar-refractivity contribution in [1.29, 1.82) is 0 Å². The molecule has 0 radical (unpaired) electrons. The number of ether oxygens (including phenoxy) is 1. The molecule has 0 amide bonds. The molecule has 0 aromatic heterocycles. The molecule has 2 aliphatic rings. The van der Waals surface area contributed by atoms with Crippen LogP contribution in [0.3, 0.4) is 0 Å². The molecule has 1 saturated heterocycles. The minimum Gasteiger partial charge on any atom is -0.375 e. The molecule has 1 atom stereocenters. The highest BCUT2D eigenvalue weighted by Gasteiger charge is 2.45. The quantitative estimate of drug-likeness (QED) is 0.574. The van der Waals surface area contributed by atoms with Gasteiger partial charge in [-0.3, -0.25) is 0 Å². The first-order valence-electron chi connectivity index (χ1n) is 4.55. The molecule has 0 aromatic carbocycles. The van der Waals surface area contributed by atoms with Crippen LogP contribution in [-0.4, -0.2) is 17.7 Å². The molecule has 2 heteroatoms. The standard InChI is InChI=1S/C9H17NO/c1-8(10)5-6-11-9(7-8)3-2-4-9/h2-7,10H2,1H3. The van der Waals surface area contributed by atoms with Gasteiger partial charge in [0.1, 0.15) is 0 Å². The maximum atomic E-state index is 6.08. The van der Waals surface area contributed by atoms with Gasteiger partial charge in [0.05, 0.1) is 5.60 Å². The molecule has 64 valence electrons. The van der Waals surface area contributed by atoms with Crippen LogP contribution < -0.4 is 5.73 Å². The van der Waals surface area contributed by atoms with Crippen LogP contribution in [0.4, 0.5) is 0 Å². The smallest absolute Gasteiger partial charge is 0.0700 e. The predicted molar refractivity (Wildman–Crippen MR) is 44.4 cm³/mol. The molecule has 2 N–H and O–H groups in total. The van der Waals surface area contributed by atoms with E-state index in [2.05, 4.69) is 6.92 Å². The van der Waals surface area contributed by atoms with Crippen LogP contribution >= 0.6 is 0 Å². The van der Waals surface area contributed by atoms with E-state index in [0.717, 1.165) is 19.4 Å². The van der Waals surface area contributed by atoms with E-state index in [4.69, 9.17) is 10.5 Å². The molecule has 1 aliphatic heterocycles. The van der Waals surface area contributed by atoms with Crippen LogP contribution in [-0.2, 0) is 4.74 Å². The second kappa shape index (κ2) is 2.20. The van der Waals surface area contributed by atoms with Crippen molar-refractivity contribution in [1.82, 2.24) is 0 Å². The van der Waals surface area contributed by atoms with Gasteiger partial charge in [0.25, 0.3) is 0 Å². The highest BCUT2D eigenvalue weighted by atomic mass is 16.5. The first kappa shape index (κ1) is 7.56. The Hall–Kier alpha value is -0.0800. The molecule has 2 rings (SSSR count). The maximum absolute atomic E-state index is 6.08. The Morgan fingerprint density at radius 3 is 2.36 bits per heavy atom. The minimum atomic E-state index is 0.0403. The molecule has 11 heavy (non-hydrogen) atoms. The lowest BCUT2D eigenvalue weighted by Gasteiger charge is -2.50. The lowest BCUT2D eigenvalue weighted by molar-refractivity contribution is -0.145. The second-order valence-corrected chi connectivity index (χ2v) is 4.47. The molecule has 0 bridgehead atoms. The van der Waals surface area contributed by atoms with E-state index in [1.54, 1.807) is 0 Å². The van der Waals surface area contributed by atoms with Crippen molar-refractivity contribution in [3.8, 4) is 0 Å². The lowest BCUT2D eigenvalue weighted by atomic mass is 9.70. The lowest BCUT2D eigenvalue weighted by Crippen LogP contribution is -2.55. The van der Waals surface area contributed by atoms with Gasteiger partial charge in [0.2, 0.25) is 0 Å². The number of hydrogen-bond donors (Lipinski definition) is 1. The van der Waals surface area contributed by atoms with Gasteiger partial charge in [0.15, 0.2) is 0 Å². The monoisotopic (exact) mass is 155 g/mol. The summed E-state index contributed by atoms with van der Waals surface area (Å²) in [5.41, 5.74) is 6.33. The zero-order chi connectivity index (χ0) is 7.95. The van der Waals surface area contributed by atoms with E-state index >= 15 is 0 Å². The topological polar surface area (TPSA) is 35.2 Å². The Bertz CT molecular complexity index is 161. The molecule has 2 fully saturated rings.